The van der Waals surface area contributed by atoms with Gasteiger partial charge in [0.2, 0.25) is 0 Å². The zero-order valence-electron chi connectivity index (χ0n) is 12.8. The zero-order chi connectivity index (χ0) is 16.7. The van der Waals surface area contributed by atoms with E-state index < -0.39 is 11.0 Å². The highest BCUT2D eigenvalue weighted by Crippen LogP contribution is 2.36. The molecule has 0 amide bonds. The molecule has 0 aliphatic heterocycles. The Balaban J connectivity index is 2.91. The summed E-state index contributed by atoms with van der Waals surface area (Å²) in [5, 5.41) is 11.1. The fourth-order valence-corrected chi connectivity index (χ4v) is 1.86. The van der Waals surface area contributed by atoms with Crippen molar-refractivity contribution in [3.05, 3.63) is 27.8 Å². The lowest BCUT2D eigenvalue weighted by Gasteiger charge is -2.14. The van der Waals surface area contributed by atoms with E-state index in [9.17, 15) is 14.9 Å². The molecule has 22 heavy (non-hydrogen) atoms. The van der Waals surface area contributed by atoms with Crippen LogP contribution in [0.2, 0.25) is 0 Å². The van der Waals surface area contributed by atoms with Crippen LogP contribution in [0.4, 0.5) is 5.69 Å². The van der Waals surface area contributed by atoms with Crippen LogP contribution >= 0.6 is 0 Å². The molecule has 0 aliphatic rings. The van der Waals surface area contributed by atoms with Crippen LogP contribution in [0.5, 0.6) is 11.5 Å². The molecule has 0 aromatic heterocycles. The minimum absolute atomic E-state index is 0.126. The lowest BCUT2D eigenvalue weighted by atomic mass is 10.1. The van der Waals surface area contributed by atoms with Crippen molar-refractivity contribution in [1.82, 2.24) is 0 Å². The largest absolute Gasteiger partial charge is 0.493 e. The first-order valence-electron chi connectivity index (χ1n) is 6.72. The third-order valence-corrected chi connectivity index (χ3v) is 3.01. The van der Waals surface area contributed by atoms with Crippen molar-refractivity contribution in [2.75, 3.05) is 20.8 Å². The number of nitrogens with zero attached hydrogens (tertiary/aromatic N) is 1. The number of carbonyl (C=O) groups excluding carboxylic acids is 1. The first kappa shape index (κ1) is 17.7. The number of hydrogen-bond acceptors (Lipinski definition) is 7. The number of benzene rings is 1. The molecule has 0 radical (unpaired) electrons. The van der Waals surface area contributed by atoms with E-state index >= 15 is 0 Å². The van der Waals surface area contributed by atoms with Crippen molar-refractivity contribution in [2.24, 2.45) is 5.73 Å². The molecular formula is C14H20N2O6. The smallest absolute Gasteiger partial charge is 0.305 e. The minimum atomic E-state index is -0.514. The summed E-state index contributed by atoms with van der Waals surface area (Å²) >= 11 is 0. The lowest BCUT2D eigenvalue weighted by Crippen LogP contribution is -2.10. The molecule has 122 valence electrons. The van der Waals surface area contributed by atoms with Crippen molar-refractivity contribution >= 4 is 11.7 Å². The molecule has 8 nitrogen and oxygen atoms in total. The van der Waals surface area contributed by atoms with Gasteiger partial charge in [0.25, 0.3) is 5.69 Å². The van der Waals surface area contributed by atoms with E-state index in [1.807, 2.05) is 0 Å². The summed E-state index contributed by atoms with van der Waals surface area (Å²) in [7, 11) is 2.75. The molecule has 1 atom stereocenters. The number of esters is 1. The van der Waals surface area contributed by atoms with E-state index in [4.69, 9.17) is 15.2 Å². The summed E-state index contributed by atoms with van der Waals surface area (Å²) in [6.45, 7) is 1.86. The van der Waals surface area contributed by atoms with Gasteiger partial charge < -0.3 is 19.9 Å². The normalized spacial score (nSPS) is 11.6. The Labute approximate surface area is 128 Å². The van der Waals surface area contributed by atoms with Gasteiger partial charge >= 0.3 is 5.97 Å². The van der Waals surface area contributed by atoms with Crippen molar-refractivity contribution in [2.45, 2.75) is 25.8 Å². The predicted octanol–water partition coefficient (Wildman–Crippen LogP) is 1.96. The predicted molar refractivity (Wildman–Crippen MR) is 79.0 cm³/mol. The third kappa shape index (κ3) is 4.59. The van der Waals surface area contributed by atoms with E-state index in [-0.39, 0.29) is 30.4 Å². The molecule has 0 bridgehead atoms. The van der Waals surface area contributed by atoms with E-state index in [2.05, 4.69) is 4.74 Å². The summed E-state index contributed by atoms with van der Waals surface area (Å²) < 4.78 is 15.2. The summed E-state index contributed by atoms with van der Waals surface area (Å²) in [5.74, 6) is 0.258. The van der Waals surface area contributed by atoms with Gasteiger partial charge in [0.15, 0.2) is 11.5 Å². The highest BCUT2D eigenvalue weighted by atomic mass is 16.6. The number of nitro benzene ring substituents is 1. The Hall–Kier alpha value is -2.35. The van der Waals surface area contributed by atoms with Gasteiger partial charge in [-0.05, 0) is 19.4 Å². The second kappa shape index (κ2) is 8.18. The van der Waals surface area contributed by atoms with E-state index in [1.54, 1.807) is 6.92 Å². The molecule has 0 aliphatic carbocycles. The molecule has 0 heterocycles. The molecule has 0 saturated carbocycles. The molecule has 0 spiro atoms. The van der Waals surface area contributed by atoms with Gasteiger partial charge in [-0.1, -0.05) is 0 Å². The maximum absolute atomic E-state index is 11.1. The zero-order valence-corrected chi connectivity index (χ0v) is 12.8. The van der Waals surface area contributed by atoms with Crippen LogP contribution in [-0.4, -0.2) is 31.7 Å². The molecule has 0 fully saturated rings. The van der Waals surface area contributed by atoms with Crippen LogP contribution in [-0.2, 0) is 9.53 Å². The average Bonchev–Trinajstić information content (AvgIpc) is 2.50. The van der Waals surface area contributed by atoms with Gasteiger partial charge in [0.1, 0.15) is 0 Å². The number of methoxy groups -OCH3 is 2. The van der Waals surface area contributed by atoms with Crippen LogP contribution in [0.15, 0.2) is 12.1 Å². The van der Waals surface area contributed by atoms with Crippen molar-refractivity contribution in [1.29, 1.82) is 0 Å². The Bertz CT molecular complexity index is 544. The standard InChI is InChI=1S/C14H20N2O6/c1-9(15)10-7-12(20-2)13(8-11(10)16(18)19)22-6-4-5-14(17)21-3/h7-9H,4-6,15H2,1-3H3/t9-/m0/s1. The molecule has 0 saturated heterocycles. The van der Waals surface area contributed by atoms with Crippen LogP contribution in [0.1, 0.15) is 31.4 Å². The van der Waals surface area contributed by atoms with Crippen LogP contribution in [0.25, 0.3) is 0 Å². The molecule has 1 aromatic carbocycles. The molecule has 0 unspecified atom stereocenters. The first-order chi connectivity index (χ1) is 10.4. The number of ether oxygens (including phenoxy) is 3. The second-order valence-corrected chi connectivity index (χ2v) is 4.64. The molecule has 2 N–H and O–H groups in total. The number of hydrogen-bond donors (Lipinski definition) is 1. The molecule has 1 aromatic rings. The van der Waals surface area contributed by atoms with Crippen molar-refractivity contribution in [3.63, 3.8) is 0 Å². The fourth-order valence-electron chi connectivity index (χ4n) is 1.86. The first-order valence-corrected chi connectivity index (χ1v) is 6.72. The van der Waals surface area contributed by atoms with E-state index in [1.165, 1.54) is 26.4 Å². The Morgan fingerprint density at radius 1 is 1.36 bits per heavy atom. The highest BCUT2D eigenvalue weighted by molar-refractivity contribution is 5.69. The number of rotatable bonds is 8. The van der Waals surface area contributed by atoms with Gasteiger partial charge in [-0.3, -0.25) is 14.9 Å². The van der Waals surface area contributed by atoms with Crippen LogP contribution < -0.4 is 15.2 Å². The summed E-state index contributed by atoms with van der Waals surface area (Å²) in [5.41, 5.74) is 5.98. The Kier molecular flexibility index (Phi) is 6.58. The maximum Gasteiger partial charge on any atom is 0.305 e. The van der Waals surface area contributed by atoms with Crippen molar-refractivity contribution < 1.29 is 23.9 Å². The number of nitro groups is 1. The average molecular weight is 312 g/mol. The summed E-state index contributed by atoms with van der Waals surface area (Å²) in [4.78, 5) is 21.6. The molecule has 1 rings (SSSR count). The van der Waals surface area contributed by atoms with Gasteiger partial charge in [0.05, 0.1) is 37.4 Å². The summed E-state index contributed by atoms with van der Waals surface area (Å²) in [6.07, 6.45) is 0.636. The van der Waals surface area contributed by atoms with E-state index in [0.717, 1.165) is 0 Å². The summed E-state index contributed by atoms with van der Waals surface area (Å²) in [6, 6.07) is 2.27. The molecule has 8 heteroatoms. The highest BCUT2D eigenvalue weighted by Gasteiger charge is 2.22. The quantitative estimate of drug-likeness (QED) is 0.338. The number of nitrogens with two attached hydrogens (primary N) is 1. The Morgan fingerprint density at radius 3 is 2.55 bits per heavy atom. The van der Waals surface area contributed by atoms with Gasteiger partial charge in [-0.25, -0.2) is 0 Å². The van der Waals surface area contributed by atoms with Gasteiger partial charge in [-0.2, -0.15) is 0 Å². The van der Waals surface area contributed by atoms with Gasteiger partial charge in [-0.15, -0.1) is 0 Å². The monoisotopic (exact) mass is 312 g/mol. The second-order valence-electron chi connectivity index (χ2n) is 4.64. The Morgan fingerprint density at radius 2 is 2.05 bits per heavy atom. The number of carbonyl (C=O) groups is 1. The van der Waals surface area contributed by atoms with Crippen molar-refractivity contribution in [3.8, 4) is 11.5 Å². The molecular weight excluding hydrogens is 292 g/mol. The van der Waals surface area contributed by atoms with Gasteiger partial charge in [0, 0.05) is 12.5 Å². The van der Waals surface area contributed by atoms with Crippen LogP contribution in [0.3, 0.4) is 0 Å². The minimum Gasteiger partial charge on any atom is -0.493 e. The van der Waals surface area contributed by atoms with E-state index in [0.29, 0.717) is 17.7 Å². The third-order valence-electron chi connectivity index (χ3n) is 3.01. The lowest BCUT2D eigenvalue weighted by molar-refractivity contribution is -0.385. The fraction of sp³-hybridized carbons (Fsp3) is 0.500. The van der Waals surface area contributed by atoms with Crippen LogP contribution in [0, 0.1) is 10.1 Å². The SMILES string of the molecule is COC(=O)CCCOc1cc([N+](=O)[O-])c([C@H](C)N)cc1OC. The maximum atomic E-state index is 11.1. The topological polar surface area (TPSA) is 114 Å².